The summed E-state index contributed by atoms with van der Waals surface area (Å²) < 4.78 is 6.09. The lowest BCUT2D eigenvalue weighted by atomic mass is 9.46. The molecule has 0 aromatic carbocycles. The van der Waals surface area contributed by atoms with Crippen LogP contribution >= 0.6 is 0 Å². The van der Waals surface area contributed by atoms with E-state index < -0.39 is 24.4 Å². The minimum Gasteiger partial charge on any atom is -0.389 e. The highest BCUT2D eigenvalue weighted by molar-refractivity contribution is 5.95. The van der Waals surface area contributed by atoms with Crippen LogP contribution < -0.4 is 0 Å². The maximum atomic E-state index is 12.4. The Morgan fingerprint density at radius 3 is 2.78 bits per heavy atom. The molecule has 148 valence electrons. The molecule has 1 unspecified atom stereocenters. The van der Waals surface area contributed by atoms with Crippen LogP contribution in [0.3, 0.4) is 0 Å². The fourth-order valence-electron chi connectivity index (χ4n) is 7.86. The highest BCUT2D eigenvalue weighted by Crippen LogP contribution is 2.71. The van der Waals surface area contributed by atoms with Crippen molar-refractivity contribution in [1.29, 1.82) is 0 Å². The first kappa shape index (κ1) is 18.0. The first-order valence-electron chi connectivity index (χ1n) is 10.2. The van der Waals surface area contributed by atoms with Crippen molar-refractivity contribution in [2.24, 2.45) is 34.5 Å². The first-order valence-corrected chi connectivity index (χ1v) is 10.2. The van der Waals surface area contributed by atoms with Crippen LogP contribution in [0.5, 0.6) is 0 Å². The topological polar surface area (TPSA) is 104 Å². The van der Waals surface area contributed by atoms with Gasteiger partial charge in [-0.1, -0.05) is 12.5 Å². The van der Waals surface area contributed by atoms with Crippen molar-refractivity contribution in [2.45, 2.75) is 63.9 Å². The molecule has 3 saturated carbocycles. The molecule has 0 amide bonds. The van der Waals surface area contributed by atoms with E-state index >= 15 is 0 Å². The van der Waals surface area contributed by atoms with Gasteiger partial charge in [-0.3, -0.25) is 9.59 Å². The maximum Gasteiger partial charge on any atom is 0.184 e. The summed E-state index contributed by atoms with van der Waals surface area (Å²) in [5, 5.41) is 30.6. The Balaban J connectivity index is 1.57. The molecule has 5 aliphatic rings. The van der Waals surface area contributed by atoms with Gasteiger partial charge in [0.05, 0.1) is 6.10 Å². The predicted octanol–water partition coefficient (Wildman–Crippen LogP) is 0.974. The zero-order valence-electron chi connectivity index (χ0n) is 15.6. The summed E-state index contributed by atoms with van der Waals surface area (Å²) in [6.07, 6.45) is 3.86. The summed E-state index contributed by atoms with van der Waals surface area (Å²) in [6, 6.07) is 0. The quantitative estimate of drug-likeness (QED) is 0.664. The van der Waals surface area contributed by atoms with Crippen LogP contribution in [0, 0.1) is 34.5 Å². The van der Waals surface area contributed by atoms with Crippen molar-refractivity contribution >= 4 is 11.6 Å². The van der Waals surface area contributed by atoms with Gasteiger partial charge in [0.25, 0.3) is 0 Å². The van der Waals surface area contributed by atoms with Gasteiger partial charge in [0.2, 0.25) is 0 Å². The van der Waals surface area contributed by atoms with Gasteiger partial charge in [0, 0.05) is 11.3 Å². The van der Waals surface area contributed by atoms with Crippen LogP contribution in [0.2, 0.25) is 0 Å². The molecule has 5 rings (SSSR count). The summed E-state index contributed by atoms with van der Waals surface area (Å²) in [5.74, 6) is -0.0893. The Morgan fingerprint density at radius 1 is 1.26 bits per heavy atom. The molecule has 4 fully saturated rings. The van der Waals surface area contributed by atoms with E-state index in [1.807, 2.05) is 0 Å². The molecular weight excluding hydrogens is 348 g/mol. The number of aliphatic hydroxyl groups excluding tert-OH is 3. The second-order valence-electron chi connectivity index (χ2n) is 9.64. The lowest BCUT2D eigenvalue weighted by molar-refractivity contribution is -0.160. The Kier molecular flexibility index (Phi) is 3.81. The minimum absolute atomic E-state index is 0.138. The molecule has 1 spiro atoms. The number of hydrogen-bond acceptors (Lipinski definition) is 6. The van der Waals surface area contributed by atoms with Gasteiger partial charge < -0.3 is 20.1 Å². The van der Waals surface area contributed by atoms with Crippen molar-refractivity contribution in [2.75, 3.05) is 6.61 Å². The van der Waals surface area contributed by atoms with E-state index in [4.69, 9.17) is 4.74 Å². The summed E-state index contributed by atoms with van der Waals surface area (Å²) >= 11 is 0. The zero-order valence-corrected chi connectivity index (χ0v) is 15.6. The van der Waals surface area contributed by atoms with E-state index in [1.165, 1.54) is 0 Å². The highest BCUT2D eigenvalue weighted by atomic mass is 16.6. The SMILES string of the molecule is C[C@]12C[C@H](O)C(=O)C=C1CC[C@@H]1[C@@H]2[C@@H]2C[C@]3(C(O)O2)[C@@H](C(=O)CO)CC[C@@H]13. The van der Waals surface area contributed by atoms with Crippen LogP contribution in [-0.2, 0) is 14.3 Å². The number of allylic oxidation sites excluding steroid dienone is 1. The third kappa shape index (κ3) is 2.10. The molecule has 3 N–H and O–H groups in total. The van der Waals surface area contributed by atoms with Gasteiger partial charge >= 0.3 is 0 Å². The molecule has 0 aromatic heterocycles. The molecule has 1 saturated heterocycles. The normalized spacial score (nSPS) is 53.4. The van der Waals surface area contributed by atoms with Gasteiger partial charge in [-0.25, -0.2) is 0 Å². The average Bonchev–Trinajstić information content (AvgIpc) is 3.15. The lowest BCUT2D eigenvalue weighted by Crippen LogP contribution is -2.56. The van der Waals surface area contributed by atoms with E-state index in [1.54, 1.807) is 6.08 Å². The summed E-state index contributed by atoms with van der Waals surface area (Å²) in [4.78, 5) is 24.5. The van der Waals surface area contributed by atoms with E-state index in [0.717, 1.165) is 24.8 Å². The van der Waals surface area contributed by atoms with Crippen molar-refractivity contribution < 1.29 is 29.6 Å². The Morgan fingerprint density at radius 2 is 2.04 bits per heavy atom. The van der Waals surface area contributed by atoms with E-state index in [-0.39, 0.29) is 40.8 Å². The number of fused-ring (bicyclic) bond motifs is 6. The Bertz CT molecular complexity index is 730. The van der Waals surface area contributed by atoms with Gasteiger partial charge in [0.1, 0.15) is 12.7 Å². The van der Waals surface area contributed by atoms with Crippen molar-refractivity contribution in [3.8, 4) is 0 Å². The van der Waals surface area contributed by atoms with Crippen molar-refractivity contribution in [1.82, 2.24) is 0 Å². The molecule has 4 aliphatic carbocycles. The number of rotatable bonds is 2. The smallest absolute Gasteiger partial charge is 0.184 e. The summed E-state index contributed by atoms with van der Waals surface area (Å²) in [7, 11) is 0. The summed E-state index contributed by atoms with van der Waals surface area (Å²) in [6.45, 7) is 1.65. The average molecular weight is 376 g/mol. The summed E-state index contributed by atoms with van der Waals surface area (Å²) in [5.41, 5.74) is 0.222. The Hall–Kier alpha value is -1.08. The fraction of sp³-hybridized carbons (Fsp3) is 0.810. The standard InChI is InChI=1S/C21H28O6/c1-20-7-15(24)14(23)6-10(20)2-3-11-12-4-5-13(16(25)9-22)21(12)8-17(18(11)20)27-19(21)26/h6,11-13,15,17-19,22,24,26H,2-5,7-9H2,1H3/t11-,12-,13+,15-,17-,18+,19?,20-,21+/m0/s1. The molecule has 0 radical (unpaired) electrons. The van der Waals surface area contributed by atoms with E-state index in [2.05, 4.69) is 6.92 Å². The second kappa shape index (κ2) is 5.72. The minimum atomic E-state index is -0.979. The van der Waals surface area contributed by atoms with Gasteiger partial charge in [-0.05, 0) is 67.8 Å². The number of hydrogen-bond donors (Lipinski definition) is 3. The predicted molar refractivity (Wildman–Crippen MR) is 94.3 cm³/mol. The van der Waals surface area contributed by atoms with Crippen LogP contribution in [0.25, 0.3) is 0 Å². The van der Waals surface area contributed by atoms with Gasteiger partial charge in [-0.15, -0.1) is 0 Å². The Labute approximate surface area is 158 Å². The number of Topliss-reactive ketones (excluding diaryl/α,β-unsaturated/α-hetero) is 1. The van der Waals surface area contributed by atoms with E-state index in [9.17, 15) is 24.9 Å². The lowest BCUT2D eigenvalue weighted by Gasteiger charge is -2.57. The van der Waals surface area contributed by atoms with Gasteiger partial charge in [0.15, 0.2) is 17.9 Å². The van der Waals surface area contributed by atoms with Crippen LogP contribution in [0.15, 0.2) is 11.6 Å². The number of aliphatic hydroxyl groups is 3. The van der Waals surface area contributed by atoms with Gasteiger partial charge in [-0.2, -0.15) is 0 Å². The van der Waals surface area contributed by atoms with Crippen LogP contribution in [-0.4, -0.2) is 52.0 Å². The molecule has 9 atom stereocenters. The second-order valence-corrected chi connectivity index (χ2v) is 9.64. The maximum absolute atomic E-state index is 12.4. The third-order valence-electron chi connectivity index (χ3n) is 8.83. The number of ether oxygens (including phenoxy) is 1. The molecule has 1 aliphatic heterocycles. The molecular formula is C21H28O6. The van der Waals surface area contributed by atoms with E-state index in [0.29, 0.717) is 25.2 Å². The molecule has 6 heteroatoms. The van der Waals surface area contributed by atoms with Crippen LogP contribution in [0.1, 0.15) is 45.4 Å². The molecule has 27 heavy (non-hydrogen) atoms. The number of carbonyl (C=O) groups is 2. The third-order valence-corrected chi connectivity index (χ3v) is 8.83. The monoisotopic (exact) mass is 376 g/mol. The largest absolute Gasteiger partial charge is 0.389 e. The molecule has 2 bridgehead atoms. The van der Waals surface area contributed by atoms with Crippen molar-refractivity contribution in [3.05, 3.63) is 11.6 Å². The number of carbonyl (C=O) groups excluding carboxylic acids is 2. The van der Waals surface area contributed by atoms with Crippen molar-refractivity contribution in [3.63, 3.8) is 0 Å². The van der Waals surface area contributed by atoms with Crippen LogP contribution in [0.4, 0.5) is 0 Å². The molecule has 0 aromatic rings. The first-order chi connectivity index (χ1) is 12.8. The number of ketones is 2. The fourth-order valence-corrected chi connectivity index (χ4v) is 7.86. The molecule has 1 heterocycles. The molecule has 6 nitrogen and oxygen atoms in total. The highest BCUT2D eigenvalue weighted by Gasteiger charge is 2.71. The zero-order chi connectivity index (χ0) is 19.1.